The lowest BCUT2D eigenvalue weighted by Gasteiger charge is -2.18. The first kappa shape index (κ1) is 24.8. The van der Waals surface area contributed by atoms with Gasteiger partial charge in [0.25, 0.3) is 11.8 Å². The second kappa shape index (κ2) is 9.32. The number of nitrogens with zero attached hydrogens (tertiary/aromatic N) is 2. The number of phenols is 1. The summed E-state index contributed by atoms with van der Waals surface area (Å²) < 4.78 is 0. The first-order valence-electron chi connectivity index (χ1n) is 12.5. The predicted octanol–water partition coefficient (Wildman–Crippen LogP) is 5.86. The number of aromatic amines is 1. The molecule has 1 aliphatic heterocycles. The Morgan fingerprint density at radius 3 is 2.67 bits per heavy atom. The van der Waals surface area contributed by atoms with E-state index >= 15 is 0 Å². The van der Waals surface area contributed by atoms with Gasteiger partial charge in [0.05, 0.1) is 17.4 Å². The molecule has 5 N–H and O–H groups in total. The lowest BCUT2D eigenvalue weighted by Crippen LogP contribution is -2.30. The number of fused-ring (bicyclic) bond motifs is 4. The van der Waals surface area contributed by atoms with E-state index in [0.717, 1.165) is 32.8 Å². The number of H-pyrrole nitrogens is 1. The molecule has 1 atom stereocenters. The Morgan fingerprint density at radius 2 is 1.92 bits per heavy atom. The fourth-order valence-electron chi connectivity index (χ4n) is 5.34. The van der Waals surface area contributed by atoms with Gasteiger partial charge in [0.2, 0.25) is 0 Å². The Kier molecular flexibility index (Phi) is 5.92. The molecule has 0 saturated heterocycles. The zero-order valence-electron chi connectivity index (χ0n) is 21.4. The number of hydrogen-bond acceptors (Lipinski definition) is 5. The Balaban J connectivity index is 1.34. The van der Waals surface area contributed by atoms with Crippen molar-refractivity contribution in [1.29, 1.82) is 0 Å². The Bertz CT molecular complexity index is 1800. The number of aromatic hydroxyl groups is 1. The molecule has 1 unspecified atom stereocenters. The molecule has 3 aromatic carbocycles. The van der Waals surface area contributed by atoms with Crippen molar-refractivity contribution in [2.24, 2.45) is 0 Å². The summed E-state index contributed by atoms with van der Waals surface area (Å²) in [5, 5.41) is 16.1. The van der Waals surface area contributed by atoms with Gasteiger partial charge in [-0.05, 0) is 72.3 Å². The number of nitrogens with one attached hydrogen (secondary N) is 2. The summed E-state index contributed by atoms with van der Waals surface area (Å²) in [5.41, 5.74) is 11.6. The molecule has 0 bridgehead atoms. The lowest BCUT2D eigenvalue weighted by molar-refractivity contribution is 0.0983. The molecule has 3 heterocycles. The highest BCUT2D eigenvalue weighted by molar-refractivity contribution is 6.19. The molecule has 5 aromatic rings. The number of carbonyl (C=O) groups is 2. The summed E-state index contributed by atoms with van der Waals surface area (Å²) in [5.74, 6) is 0.206. The van der Waals surface area contributed by atoms with Gasteiger partial charge in [0, 0.05) is 46.4 Å². The number of carbonyl (C=O) groups excluding carboxylic acids is 2. The van der Waals surface area contributed by atoms with E-state index in [1.807, 2.05) is 26.0 Å². The summed E-state index contributed by atoms with van der Waals surface area (Å²) in [6.45, 7) is 4.46. The number of rotatable bonds is 4. The van der Waals surface area contributed by atoms with Crippen LogP contribution in [0.1, 0.15) is 43.5 Å². The number of benzene rings is 3. The topological polar surface area (TPSA) is 124 Å². The van der Waals surface area contributed by atoms with Gasteiger partial charge in [-0.25, -0.2) is 4.98 Å². The third kappa shape index (κ3) is 4.13. The molecular weight excluding hydrogens is 514 g/mol. The maximum absolute atomic E-state index is 13.8. The van der Waals surface area contributed by atoms with Gasteiger partial charge in [-0.3, -0.25) is 9.59 Å². The number of pyridine rings is 1. The van der Waals surface area contributed by atoms with Gasteiger partial charge in [-0.15, -0.1) is 11.6 Å². The van der Waals surface area contributed by atoms with Crippen molar-refractivity contribution in [3.63, 3.8) is 0 Å². The molecule has 8 nitrogen and oxygen atoms in total. The molecule has 2 aromatic heterocycles. The number of nitrogen functional groups attached to an aromatic ring is 1. The van der Waals surface area contributed by atoms with E-state index in [4.69, 9.17) is 17.3 Å². The molecule has 0 saturated carbocycles. The van der Waals surface area contributed by atoms with Crippen LogP contribution in [0.25, 0.3) is 21.7 Å². The van der Waals surface area contributed by atoms with Crippen molar-refractivity contribution in [2.45, 2.75) is 19.8 Å². The minimum atomic E-state index is -0.313. The number of hydrogen-bond donors (Lipinski definition) is 4. The quantitative estimate of drug-likeness (QED) is 0.168. The monoisotopic (exact) mass is 539 g/mol. The first-order valence-corrected chi connectivity index (χ1v) is 13.1. The smallest absolute Gasteiger partial charge is 0.274 e. The van der Waals surface area contributed by atoms with Gasteiger partial charge in [0.15, 0.2) is 0 Å². The number of nitrogens with two attached hydrogens (primary N) is 1. The molecule has 39 heavy (non-hydrogen) atoms. The highest BCUT2D eigenvalue weighted by atomic mass is 35.5. The SMILES string of the molecule is Cc1ccc2c(O)cc3c(c2c1C)C(CCl)CN3C(=O)c1cc2cc(NC(=O)c3ccc(N)cc3)ncc2[nH]1. The summed E-state index contributed by atoms with van der Waals surface area (Å²) in [4.78, 5) is 35.5. The van der Waals surface area contributed by atoms with E-state index in [0.29, 0.717) is 46.4 Å². The molecule has 196 valence electrons. The van der Waals surface area contributed by atoms with Gasteiger partial charge < -0.3 is 26.0 Å². The van der Waals surface area contributed by atoms with Crippen LogP contribution in [-0.2, 0) is 0 Å². The predicted molar refractivity (Wildman–Crippen MR) is 155 cm³/mol. The fourth-order valence-corrected chi connectivity index (χ4v) is 5.59. The Hall–Kier alpha value is -4.56. The molecular formula is C30H26ClN5O3. The van der Waals surface area contributed by atoms with Crippen LogP contribution >= 0.6 is 11.6 Å². The van der Waals surface area contributed by atoms with Crippen LogP contribution in [-0.4, -0.2) is 39.3 Å². The molecule has 1 aliphatic rings. The number of aromatic nitrogens is 2. The third-order valence-corrected chi connectivity index (χ3v) is 7.89. The molecule has 0 aliphatic carbocycles. The van der Waals surface area contributed by atoms with E-state index in [-0.39, 0.29) is 23.5 Å². The Morgan fingerprint density at radius 1 is 1.15 bits per heavy atom. The molecule has 0 fully saturated rings. The van der Waals surface area contributed by atoms with Crippen molar-refractivity contribution < 1.29 is 14.7 Å². The van der Waals surface area contributed by atoms with Gasteiger partial charge >= 0.3 is 0 Å². The van der Waals surface area contributed by atoms with Crippen molar-refractivity contribution in [2.75, 3.05) is 28.4 Å². The molecule has 6 rings (SSSR count). The molecule has 0 radical (unpaired) electrons. The Labute approximate surface area is 229 Å². The largest absolute Gasteiger partial charge is 0.507 e. The normalized spacial score (nSPS) is 14.6. The minimum Gasteiger partial charge on any atom is -0.507 e. The molecule has 2 amide bonds. The average molecular weight is 540 g/mol. The van der Waals surface area contributed by atoms with Gasteiger partial charge in [0.1, 0.15) is 17.3 Å². The zero-order valence-corrected chi connectivity index (χ0v) is 22.1. The van der Waals surface area contributed by atoms with E-state index < -0.39 is 0 Å². The molecule has 9 heteroatoms. The standard InChI is InChI=1S/C30H26ClN5O3/c1-15-3-8-21-25(37)11-24-28(27(21)16(15)2)19(12-31)14-36(24)30(39)22-9-18-10-26(33-13-23(18)34-22)35-29(38)17-4-6-20(32)7-5-17/h3-11,13,19,34,37H,12,14,32H2,1-2H3,(H,33,35,38). The van der Waals surface area contributed by atoms with E-state index in [2.05, 4.69) is 15.3 Å². The van der Waals surface area contributed by atoms with E-state index in [1.165, 1.54) is 0 Å². The third-order valence-electron chi connectivity index (χ3n) is 7.51. The second-order valence-corrected chi connectivity index (χ2v) is 10.3. The van der Waals surface area contributed by atoms with E-state index in [9.17, 15) is 14.7 Å². The first-order chi connectivity index (χ1) is 18.7. The van der Waals surface area contributed by atoms with E-state index in [1.54, 1.807) is 53.6 Å². The van der Waals surface area contributed by atoms with Gasteiger partial charge in [-0.2, -0.15) is 0 Å². The van der Waals surface area contributed by atoms with Crippen LogP contribution in [0.3, 0.4) is 0 Å². The zero-order chi connectivity index (χ0) is 27.4. The average Bonchev–Trinajstić information content (AvgIpc) is 3.51. The fraction of sp³-hybridized carbons (Fsp3) is 0.167. The van der Waals surface area contributed by atoms with Crippen molar-refractivity contribution in [1.82, 2.24) is 9.97 Å². The van der Waals surface area contributed by atoms with Gasteiger partial charge in [-0.1, -0.05) is 12.1 Å². The maximum atomic E-state index is 13.8. The summed E-state index contributed by atoms with van der Waals surface area (Å²) in [6, 6.07) is 15.6. The summed E-state index contributed by atoms with van der Waals surface area (Å²) in [7, 11) is 0. The highest BCUT2D eigenvalue weighted by Gasteiger charge is 2.36. The number of anilines is 3. The second-order valence-electron chi connectivity index (χ2n) is 9.94. The van der Waals surface area contributed by atoms with Crippen LogP contribution in [0.2, 0.25) is 0 Å². The number of halogens is 1. The van der Waals surface area contributed by atoms with Crippen LogP contribution < -0.4 is 16.0 Å². The number of phenolic OH excluding ortho intramolecular Hbond substituents is 1. The molecule has 0 spiro atoms. The number of amides is 2. The van der Waals surface area contributed by atoms with Crippen LogP contribution in [0, 0.1) is 13.8 Å². The van der Waals surface area contributed by atoms with Crippen LogP contribution in [0.4, 0.5) is 17.2 Å². The number of alkyl halides is 1. The lowest BCUT2D eigenvalue weighted by atomic mass is 9.90. The summed E-state index contributed by atoms with van der Waals surface area (Å²) in [6.07, 6.45) is 1.58. The number of aryl methyl sites for hydroxylation is 2. The summed E-state index contributed by atoms with van der Waals surface area (Å²) >= 11 is 6.40. The van der Waals surface area contributed by atoms with Crippen molar-refractivity contribution in [3.8, 4) is 5.75 Å². The minimum absolute atomic E-state index is 0.0737. The van der Waals surface area contributed by atoms with Crippen LogP contribution in [0.15, 0.2) is 60.8 Å². The maximum Gasteiger partial charge on any atom is 0.274 e. The highest BCUT2D eigenvalue weighted by Crippen LogP contribution is 2.47. The van der Waals surface area contributed by atoms with Crippen molar-refractivity contribution in [3.05, 3.63) is 88.7 Å². The van der Waals surface area contributed by atoms with Crippen LogP contribution in [0.5, 0.6) is 5.75 Å². The van der Waals surface area contributed by atoms with Crippen molar-refractivity contribution >= 4 is 62.3 Å².